The molecule has 3 aromatic rings. The van der Waals surface area contributed by atoms with Gasteiger partial charge in [-0.15, -0.1) is 0 Å². The number of nitrogens with one attached hydrogen (secondary N) is 1. The Morgan fingerprint density at radius 2 is 2.16 bits per heavy atom. The third kappa shape index (κ3) is 2.44. The quantitative estimate of drug-likeness (QED) is 0.807. The zero-order chi connectivity index (χ0) is 13.2. The first-order valence-electron chi connectivity index (χ1n) is 5.89. The van der Waals surface area contributed by atoms with E-state index in [1.807, 2.05) is 31.2 Å². The number of halogens is 1. The Morgan fingerprint density at radius 1 is 1.32 bits per heavy atom. The molecule has 5 nitrogen and oxygen atoms in total. The van der Waals surface area contributed by atoms with Crippen molar-refractivity contribution in [2.24, 2.45) is 0 Å². The van der Waals surface area contributed by atoms with Crippen LogP contribution in [-0.4, -0.2) is 19.6 Å². The normalized spacial score (nSPS) is 10.8. The molecule has 0 aliphatic heterocycles. The summed E-state index contributed by atoms with van der Waals surface area (Å²) in [5.41, 5.74) is 2.10. The summed E-state index contributed by atoms with van der Waals surface area (Å²) in [5, 5.41) is 7.53. The minimum atomic E-state index is 0.606. The zero-order valence-corrected chi connectivity index (χ0v) is 11.9. The van der Waals surface area contributed by atoms with Gasteiger partial charge < -0.3 is 5.32 Å². The van der Waals surface area contributed by atoms with Crippen LogP contribution in [0.1, 0.15) is 11.3 Å². The summed E-state index contributed by atoms with van der Waals surface area (Å²) in [6.07, 6.45) is 1.51. The molecule has 3 rings (SSSR count). The predicted molar refractivity (Wildman–Crippen MR) is 77.0 cm³/mol. The van der Waals surface area contributed by atoms with Gasteiger partial charge in [-0.05, 0) is 18.6 Å². The molecule has 0 aliphatic carbocycles. The van der Waals surface area contributed by atoms with E-state index < -0.39 is 0 Å². The number of aromatic nitrogens is 4. The van der Waals surface area contributed by atoms with Crippen LogP contribution in [0.3, 0.4) is 0 Å². The van der Waals surface area contributed by atoms with Crippen molar-refractivity contribution in [3.05, 3.63) is 52.4 Å². The molecular formula is C13H12BrN5. The highest BCUT2D eigenvalue weighted by molar-refractivity contribution is 9.10. The molecule has 0 unspecified atom stereocenters. The molecule has 0 radical (unpaired) electrons. The molecule has 0 saturated heterocycles. The first-order chi connectivity index (χ1) is 9.24. The largest absolute Gasteiger partial charge is 0.366 e. The minimum absolute atomic E-state index is 0.606. The van der Waals surface area contributed by atoms with Crippen LogP contribution in [0.4, 0.5) is 5.82 Å². The third-order valence-corrected chi connectivity index (χ3v) is 3.57. The zero-order valence-electron chi connectivity index (χ0n) is 10.3. The average molecular weight is 318 g/mol. The topological polar surface area (TPSA) is 55.1 Å². The fourth-order valence-corrected chi connectivity index (χ4v) is 2.31. The van der Waals surface area contributed by atoms with E-state index in [9.17, 15) is 0 Å². The van der Waals surface area contributed by atoms with Gasteiger partial charge in [-0.25, -0.2) is 4.98 Å². The summed E-state index contributed by atoms with van der Waals surface area (Å²) >= 11 is 3.54. The first-order valence-corrected chi connectivity index (χ1v) is 6.68. The van der Waals surface area contributed by atoms with E-state index in [2.05, 4.69) is 42.4 Å². The fourth-order valence-electron chi connectivity index (χ4n) is 1.88. The Hall–Kier alpha value is -1.95. The SMILES string of the molecule is Cc1cc(NCc2ccccc2Br)n2ncnc2n1. The van der Waals surface area contributed by atoms with Crippen LogP contribution in [-0.2, 0) is 6.54 Å². The molecule has 0 bridgehead atoms. The maximum Gasteiger partial charge on any atom is 0.254 e. The maximum atomic E-state index is 4.31. The molecule has 2 heterocycles. The van der Waals surface area contributed by atoms with Crippen molar-refractivity contribution in [3.8, 4) is 0 Å². The van der Waals surface area contributed by atoms with Gasteiger partial charge in [0.1, 0.15) is 12.1 Å². The lowest BCUT2D eigenvalue weighted by Gasteiger charge is -2.09. The third-order valence-electron chi connectivity index (χ3n) is 2.80. The van der Waals surface area contributed by atoms with Crippen LogP contribution in [0.5, 0.6) is 0 Å². The van der Waals surface area contributed by atoms with Gasteiger partial charge in [-0.1, -0.05) is 34.1 Å². The lowest BCUT2D eigenvalue weighted by Crippen LogP contribution is -2.07. The second-order valence-corrected chi connectivity index (χ2v) is 5.05. The van der Waals surface area contributed by atoms with Crippen LogP contribution in [0.2, 0.25) is 0 Å². The van der Waals surface area contributed by atoms with Crippen molar-refractivity contribution in [1.82, 2.24) is 19.6 Å². The van der Waals surface area contributed by atoms with Crippen LogP contribution in [0.15, 0.2) is 41.1 Å². The van der Waals surface area contributed by atoms with E-state index in [1.165, 1.54) is 11.9 Å². The number of fused-ring (bicyclic) bond motifs is 1. The summed E-state index contributed by atoms with van der Waals surface area (Å²) < 4.78 is 2.78. The van der Waals surface area contributed by atoms with E-state index in [0.29, 0.717) is 12.3 Å². The Balaban J connectivity index is 1.90. The van der Waals surface area contributed by atoms with E-state index in [0.717, 1.165) is 16.0 Å². The van der Waals surface area contributed by atoms with Gasteiger partial charge in [-0.3, -0.25) is 0 Å². The predicted octanol–water partition coefficient (Wildman–Crippen LogP) is 2.81. The molecule has 0 atom stereocenters. The molecule has 0 saturated carbocycles. The molecule has 96 valence electrons. The van der Waals surface area contributed by atoms with Crippen molar-refractivity contribution in [2.75, 3.05) is 5.32 Å². The second-order valence-electron chi connectivity index (χ2n) is 4.20. The Kier molecular flexibility index (Phi) is 3.16. The molecule has 2 aromatic heterocycles. The van der Waals surface area contributed by atoms with Crippen LogP contribution >= 0.6 is 15.9 Å². The monoisotopic (exact) mass is 317 g/mol. The van der Waals surface area contributed by atoms with Gasteiger partial charge >= 0.3 is 0 Å². The summed E-state index contributed by atoms with van der Waals surface area (Å²) in [4.78, 5) is 8.41. The number of benzene rings is 1. The Bertz CT molecular complexity index is 722. The number of anilines is 1. The number of hydrogen-bond acceptors (Lipinski definition) is 4. The molecule has 0 amide bonds. The summed E-state index contributed by atoms with van der Waals surface area (Å²) in [6, 6.07) is 10.1. The summed E-state index contributed by atoms with van der Waals surface area (Å²) in [7, 11) is 0. The van der Waals surface area contributed by atoms with Crippen molar-refractivity contribution >= 4 is 27.5 Å². The molecule has 0 fully saturated rings. The Labute approximate surface area is 118 Å². The van der Waals surface area contributed by atoms with Crippen molar-refractivity contribution in [1.29, 1.82) is 0 Å². The van der Waals surface area contributed by atoms with Crippen molar-refractivity contribution < 1.29 is 0 Å². The number of nitrogens with zero attached hydrogens (tertiary/aromatic N) is 4. The summed E-state index contributed by atoms with van der Waals surface area (Å²) in [5.74, 6) is 1.49. The van der Waals surface area contributed by atoms with Crippen molar-refractivity contribution in [2.45, 2.75) is 13.5 Å². The smallest absolute Gasteiger partial charge is 0.254 e. The molecular weight excluding hydrogens is 306 g/mol. The van der Waals surface area contributed by atoms with E-state index in [1.54, 1.807) is 4.52 Å². The highest BCUT2D eigenvalue weighted by Gasteiger charge is 2.06. The highest BCUT2D eigenvalue weighted by Crippen LogP contribution is 2.18. The van der Waals surface area contributed by atoms with Gasteiger partial charge in [0.05, 0.1) is 0 Å². The maximum absolute atomic E-state index is 4.31. The van der Waals surface area contributed by atoms with Crippen LogP contribution in [0.25, 0.3) is 5.78 Å². The lowest BCUT2D eigenvalue weighted by atomic mass is 10.2. The number of rotatable bonds is 3. The summed E-state index contributed by atoms with van der Waals surface area (Å²) in [6.45, 7) is 2.65. The molecule has 0 spiro atoms. The molecule has 6 heteroatoms. The van der Waals surface area contributed by atoms with E-state index in [-0.39, 0.29) is 0 Å². The average Bonchev–Trinajstić information content (AvgIpc) is 2.85. The number of aryl methyl sites for hydroxylation is 1. The minimum Gasteiger partial charge on any atom is -0.366 e. The second kappa shape index (κ2) is 4.97. The standard InChI is InChI=1S/C13H12BrN5/c1-9-6-12(19-13(18-9)16-8-17-19)15-7-10-4-2-3-5-11(10)14/h2-6,8,15H,7H2,1H3. The lowest BCUT2D eigenvalue weighted by molar-refractivity contribution is 0.915. The Morgan fingerprint density at radius 3 is 3.00 bits per heavy atom. The van der Waals surface area contributed by atoms with Gasteiger partial charge in [0, 0.05) is 22.8 Å². The van der Waals surface area contributed by atoms with Crippen LogP contribution in [0, 0.1) is 6.92 Å². The van der Waals surface area contributed by atoms with Gasteiger partial charge in [0.2, 0.25) is 0 Å². The van der Waals surface area contributed by atoms with Gasteiger partial charge in [0.25, 0.3) is 5.78 Å². The molecule has 1 aromatic carbocycles. The molecule has 1 N–H and O–H groups in total. The fraction of sp³-hybridized carbons (Fsp3) is 0.154. The first kappa shape index (κ1) is 12.1. The van der Waals surface area contributed by atoms with Gasteiger partial charge in [0.15, 0.2) is 0 Å². The van der Waals surface area contributed by atoms with E-state index in [4.69, 9.17) is 0 Å². The van der Waals surface area contributed by atoms with Crippen LogP contribution < -0.4 is 5.32 Å². The van der Waals surface area contributed by atoms with Crippen molar-refractivity contribution in [3.63, 3.8) is 0 Å². The van der Waals surface area contributed by atoms with E-state index >= 15 is 0 Å². The van der Waals surface area contributed by atoms with Gasteiger partial charge in [-0.2, -0.15) is 14.6 Å². The number of hydrogen-bond donors (Lipinski definition) is 1. The molecule has 0 aliphatic rings. The molecule has 19 heavy (non-hydrogen) atoms. The highest BCUT2D eigenvalue weighted by atomic mass is 79.9.